The van der Waals surface area contributed by atoms with Gasteiger partial charge in [0.1, 0.15) is 10.7 Å². The van der Waals surface area contributed by atoms with Crippen molar-refractivity contribution in [2.24, 2.45) is 0 Å². The van der Waals surface area contributed by atoms with Crippen molar-refractivity contribution in [2.75, 3.05) is 11.9 Å². The minimum atomic E-state index is -0.122. The number of thiocarbonyl (C=S) groups is 2. The smallest absolute Gasteiger partial charge is 0.171 e. The topological polar surface area (TPSA) is 45.3 Å². The molecule has 0 saturated heterocycles. The van der Waals surface area contributed by atoms with Crippen LogP contribution in [0.1, 0.15) is 25.5 Å². The summed E-state index contributed by atoms with van der Waals surface area (Å²) >= 11 is 11.1. The number of para-hydroxylation sites is 1. The zero-order chi connectivity index (χ0) is 18.5. The first-order valence-corrected chi connectivity index (χ1v) is 9.27. The Kier molecular flexibility index (Phi) is 5.85. The molecule has 1 aliphatic heterocycles. The van der Waals surface area contributed by atoms with E-state index < -0.39 is 0 Å². The van der Waals surface area contributed by atoms with Crippen LogP contribution in [0.5, 0.6) is 5.75 Å². The highest BCUT2D eigenvalue weighted by molar-refractivity contribution is 7.81. The van der Waals surface area contributed by atoms with E-state index in [4.69, 9.17) is 29.2 Å². The van der Waals surface area contributed by atoms with Crippen LogP contribution in [0.3, 0.4) is 0 Å². The molecular formula is C20H21N3OS2. The molecule has 134 valence electrons. The fraction of sp³-hybridized carbons (Fsp3) is 0.200. The maximum absolute atomic E-state index is 5.70. The Morgan fingerprint density at radius 3 is 2.46 bits per heavy atom. The number of hydrogen-bond acceptors (Lipinski definition) is 3. The fourth-order valence-corrected chi connectivity index (χ4v) is 3.55. The first-order chi connectivity index (χ1) is 12.6. The van der Waals surface area contributed by atoms with Crippen molar-refractivity contribution >= 4 is 40.2 Å². The van der Waals surface area contributed by atoms with Crippen molar-refractivity contribution in [3.8, 4) is 5.75 Å². The minimum absolute atomic E-state index is 0.122. The molecule has 6 heteroatoms. The van der Waals surface area contributed by atoms with Gasteiger partial charge in [-0.3, -0.25) is 0 Å². The highest BCUT2D eigenvalue weighted by Gasteiger charge is 2.27. The quantitative estimate of drug-likeness (QED) is 0.669. The van der Waals surface area contributed by atoms with Gasteiger partial charge in [0.15, 0.2) is 5.11 Å². The van der Waals surface area contributed by atoms with Crippen LogP contribution >= 0.6 is 24.4 Å². The van der Waals surface area contributed by atoms with E-state index in [1.165, 1.54) is 0 Å². The monoisotopic (exact) mass is 383 g/mol. The molecule has 1 atom stereocenters. The lowest BCUT2D eigenvalue weighted by Gasteiger charge is -2.31. The molecule has 3 N–H and O–H groups in total. The summed E-state index contributed by atoms with van der Waals surface area (Å²) in [5.74, 6) is 0.847. The van der Waals surface area contributed by atoms with E-state index in [0.29, 0.717) is 16.7 Å². The molecule has 2 aromatic rings. The highest BCUT2D eigenvalue weighted by Crippen LogP contribution is 2.29. The van der Waals surface area contributed by atoms with Gasteiger partial charge in [-0.15, -0.1) is 0 Å². The molecule has 0 fully saturated rings. The molecule has 2 aromatic carbocycles. The maximum Gasteiger partial charge on any atom is 0.171 e. The third-order valence-corrected chi connectivity index (χ3v) is 4.61. The van der Waals surface area contributed by atoms with Crippen molar-refractivity contribution < 1.29 is 4.74 Å². The summed E-state index contributed by atoms with van der Waals surface area (Å²) in [5.41, 5.74) is 3.95. The van der Waals surface area contributed by atoms with Crippen molar-refractivity contribution in [2.45, 2.75) is 19.9 Å². The molecule has 26 heavy (non-hydrogen) atoms. The predicted molar refractivity (Wildman–Crippen MR) is 115 cm³/mol. The lowest BCUT2D eigenvalue weighted by molar-refractivity contribution is 0.340. The fourth-order valence-electron chi connectivity index (χ4n) is 2.89. The summed E-state index contributed by atoms with van der Waals surface area (Å²) in [6.45, 7) is 4.60. The SMILES string of the molecule is CCOc1ccc([C@@H]2NC(=S)NC(C)=C2C(=S)Nc2ccccc2)cc1. The molecular weight excluding hydrogens is 362 g/mol. The summed E-state index contributed by atoms with van der Waals surface area (Å²) in [5, 5.41) is 10.4. The summed E-state index contributed by atoms with van der Waals surface area (Å²) in [6.07, 6.45) is 0. The number of ether oxygens (including phenoxy) is 1. The lowest BCUT2D eigenvalue weighted by Crippen LogP contribution is -2.45. The normalized spacial score (nSPS) is 16.5. The van der Waals surface area contributed by atoms with Crippen molar-refractivity contribution in [1.29, 1.82) is 0 Å². The van der Waals surface area contributed by atoms with Gasteiger partial charge >= 0.3 is 0 Å². The van der Waals surface area contributed by atoms with Gasteiger partial charge in [0.05, 0.1) is 12.6 Å². The lowest BCUT2D eigenvalue weighted by atomic mass is 9.95. The number of nitrogens with one attached hydrogen (secondary N) is 3. The Balaban J connectivity index is 1.90. The Morgan fingerprint density at radius 1 is 1.12 bits per heavy atom. The Bertz CT molecular complexity index is 832. The van der Waals surface area contributed by atoms with Crippen LogP contribution in [0.2, 0.25) is 0 Å². The molecule has 0 amide bonds. The van der Waals surface area contributed by atoms with E-state index in [-0.39, 0.29) is 6.04 Å². The molecule has 0 saturated carbocycles. The number of hydrogen-bond donors (Lipinski definition) is 3. The van der Waals surface area contributed by atoms with E-state index in [2.05, 4.69) is 16.0 Å². The van der Waals surface area contributed by atoms with Gasteiger partial charge in [0, 0.05) is 17.0 Å². The van der Waals surface area contributed by atoms with Crippen LogP contribution in [-0.4, -0.2) is 16.7 Å². The van der Waals surface area contributed by atoms with Crippen molar-refractivity contribution in [3.05, 3.63) is 71.4 Å². The standard InChI is InChI=1S/C20H21N3OS2/c1-3-24-16-11-9-14(10-12-16)18-17(13(2)21-20(26)23-18)19(25)22-15-7-5-4-6-8-15/h4-12,18H,3H2,1-2H3,(H,22,25)(H2,21,23,26)/t18-/m0/s1. The van der Waals surface area contributed by atoms with Crippen LogP contribution < -0.4 is 20.7 Å². The van der Waals surface area contributed by atoms with Gasteiger partial charge in [-0.1, -0.05) is 42.5 Å². The van der Waals surface area contributed by atoms with Crippen LogP contribution in [0.25, 0.3) is 0 Å². The first-order valence-electron chi connectivity index (χ1n) is 8.46. The predicted octanol–water partition coefficient (Wildman–Crippen LogP) is 4.32. The van der Waals surface area contributed by atoms with Crippen LogP contribution in [0.15, 0.2) is 65.9 Å². The van der Waals surface area contributed by atoms with Gasteiger partial charge in [-0.05, 0) is 55.9 Å². The number of benzene rings is 2. The van der Waals surface area contributed by atoms with E-state index in [0.717, 1.165) is 28.3 Å². The average molecular weight is 384 g/mol. The second-order valence-electron chi connectivity index (χ2n) is 5.89. The van der Waals surface area contributed by atoms with Gasteiger partial charge < -0.3 is 20.7 Å². The minimum Gasteiger partial charge on any atom is -0.494 e. The molecule has 0 aromatic heterocycles. The molecule has 1 aliphatic rings. The molecule has 0 unspecified atom stereocenters. The summed E-state index contributed by atoms with van der Waals surface area (Å²) < 4.78 is 5.54. The van der Waals surface area contributed by atoms with Crippen LogP contribution in [0, 0.1) is 0 Å². The van der Waals surface area contributed by atoms with Gasteiger partial charge in [0.25, 0.3) is 0 Å². The molecule has 0 spiro atoms. The summed E-state index contributed by atoms with van der Waals surface area (Å²) in [6, 6.07) is 17.8. The van der Waals surface area contributed by atoms with Crippen LogP contribution in [0.4, 0.5) is 5.69 Å². The number of allylic oxidation sites excluding steroid dienone is 1. The Labute approximate surface area is 164 Å². The first kappa shape index (κ1) is 18.4. The second-order valence-corrected chi connectivity index (χ2v) is 6.71. The zero-order valence-corrected chi connectivity index (χ0v) is 16.3. The van der Waals surface area contributed by atoms with E-state index in [1.54, 1.807) is 0 Å². The Morgan fingerprint density at radius 2 is 1.81 bits per heavy atom. The second kappa shape index (κ2) is 8.29. The molecule has 0 radical (unpaired) electrons. The number of rotatable bonds is 5. The van der Waals surface area contributed by atoms with Crippen molar-refractivity contribution in [3.63, 3.8) is 0 Å². The third kappa shape index (κ3) is 4.20. The molecule has 3 rings (SSSR count). The van der Waals surface area contributed by atoms with E-state index in [9.17, 15) is 0 Å². The van der Waals surface area contributed by atoms with Gasteiger partial charge in [-0.2, -0.15) is 0 Å². The van der Waals surface area contributed by atoms with Crippen molar-refractivity contribution in [1.82, 2.24) is 10.6 Å². The molecule has 1 heterocycles. The zero-order valence-electron chi connectivity index (χ0n) is 14.7. The van der Waals surface area contributed by atoms with Gasteiger partial charge in [0.2, 0.25) is 0 Å². The Hall–Kier alpha value is -2.44. The molecule has 0 aliphatic carbocycles. The summed E-state index contributed by atoms with van der Waals surface area (Å²) in [4.78, 5) is 0.662. The van der Waals surface area contributed by atoms with E-state index in [1.807, 2.05) is 68.4 Å². The van der Waals surface area contributed by atoms with E-state index >= 15 is 0 Å². The third-order valence-electron chi connectivity index (χ3n) is 4.07. The largest absolute Gasteiger partial charge is 0.494 e. The average Bonchev–Trinajstić information content (AvgIpc) is 2.62. The van der Waals surface area contributed by atoms with Gasteiger partial charge in [-0.25, -0.2) is 0 Å². The van der Waals surface area contributed by atoms with Crippen LogP contribution in [-0.2, 0) is 0 Å². The molecule has 4 nitrogen and oxygen atoms in total. The summed E-state index contributed by atoms with van der Waals surface area (Å²) in [7, 11) is 0. The molecule has 0 bridgehead atoms. The highest BCUT2D eigenvalue weighted by atomic mass is 32.1. The maximum atomic E-state index is 5.70. The number of anilines is 1.